The molecule has 0 bridgehead atoms. The number of hydrogen-bond acceptors (Lipinski definition) is 2. The molecule has 0 unspecified atom stereocenters. The Kier molecular flexibility index (Phi) is 2.76. The lowest BCUT2D eigenvalue weighted by Crippen LogP contribution is -2.04. The van der Waals surface area contributed by atoms with Gasteiger partial charge in [0, 0.05) is 28.4 Å². The van der Waals surface area contributed by atoms with Gasteiger partial charge >= 0.3 is 0 Å². The van der Waals surface area contributed by atoms with Crippen molar-refractivity contribution < 1.29 is 4.79 Å². The van der Waals surface area contributed by atoms with Crippen LogP contribution in [0.5, 0.6) is 0 Å². The van der Waals surface area contributed by atoms with Gasteiger partial charge in [0.05, 0.1) is 12.1 Å². The van der Waals surface area contributed by atoms with Crippen molar-refractivity contribution in [3.05, 3.63) is 59.4 Å². The molecule has 2 aromatic carbocycles. The summed E-state index contributed by atoms with van der Waals surface area (Å²) in [5.74, 6) is 0.0627. The number of amides is 1. The molecule has 0 aliphatic carbocycles. The average molecular weight is 288 g/mol. The molecule has 2 heterocycles. The van der Waals surface area contributed by atoms with Gasteiger partial charge in [-0.3, -0.25) is 9.78 Å². The molecule has 3 heteroatoms. The van der Waals surface area contributed by atoms with Gasteiger partial charge in [0.15, 0.2) is 0 Å². The van der Waals surface area contributed by atoms with E-state index in [4.69, 9.17) is 0 Å². The Bertz CT molecular complexity index is 928. The molecule has 4 rings (SSSR count). The van der Waals surface area contributed by atoms with Crippen LogP contribution in [0.2, 0.25) is 0 Å². The van der Waals surface area contributed by atoms with E-state index in [1.165, 1.54) is 5.39 Å². The first kappa shape index (κ1) is 13.0. The van der Waals surface area contributed by atoms with Crippen molar-refractivity contribution in [1.82, 2.24) is 4.98 Å². The van der Waals surface area contributed by atoms with Crippen molar-refractivity contribution in [3.8, 4) is 11.1 Å². The van der Waals surface area contributed by atoms with Crippen LogP contribution in [-0.2, 0) is 11.2 Å². The van der Waals surface area contributed by atoms with Gasteiger partial charge in [-0.05, 0) is 30.9 Å². The molecule has 0 saturated heterocycles. The Labute approximate surface area is 129 Å². The third-order valence-electron chi connectivity index (χ3n) is 4.24. The molecule has 3 nitrogen and oxygen atoms in total. The molecule has 0 saturated carbocycles. The number of carbonyl (C=O) groups excluding carboxylic acids is 1. The standard InChI is InChI=1S/C19H16N2O/c1-11-7-14-9-17(22)21-19(14)16(8-11)18-12(2)20-10-13-5-3-4-6-15(13)18/h3-8,10H,9H2,1-2H3,(H,21,22). The fraction of sp³-hybridized carbons (Fsp3) is 0.158. The summed E-state index contributed by atoms with van der Waals surface area (Å²) in [6.45, 7) is 4.09. The Morgan fingerprint density at radius 2 is 1.95 bits per heavy atom. The van der Waals surface area contributed by atoms with Crippen molar-refractivity contribution in [2.45, 2.75) is 20.3 Å². The van der Waals surface area contributed by atoms with Gasteiger partial charge in [0.25, 0.3) is 0 Å². The van der Waals surface area contributed by atoms with E-state index >= 15 is 0 Å². The number of carbonyl (C=O) groups is 1. The minimum Gasteiger partial charge on any atom is -0.325 e. The van der Waals surface area contributed by atoms with E-state index < -0.39 is 0 Å². The molecule has 1 aromatic heterocycles. The highest BCUT2D eigenvalue weighted by atomic mass is 16.1. The van der Waals surface area contributed by atoms with Crippen LogP contribution < -0.4 is 5.32 Å². The van der Waals surface area contributed by atoms with Gasteiger partial charge in [0.1, 0.15) is 0 Å². The highest BCUT2D eigenvalue weighted by Crippen LogP contribution is 2.40. The SMILES string of the molecule is Cc1cc2c(c(-c3c(C)ncc4ccccc34)c1)NC(=O)C2. The zero-order chi connectivity index (χ0) is 15.3. The molecular weight excluding hydrogens is 272 g/mol. The number of pyridine rings is 1. The summed E-state index contributed by atoms with van der Waals surface area (Å²) in [7, 11) is 0. The molecule has 0 fully saturated rings. The zero-order valence-electron chi connectivity index (χ0n) is 12.6. The molecule has 0 atom stereocenters. The molecule has 1 aliphatic rings. The topological polar surface area (TPSA) is 42.0 Å². The monoisotopic (exact) mass is 288 g/mol. The molecule has 22 heavy (non-hydrogen) atoms. The summed E-state index contributed by atoms with van der Waals surface area (Å²) in [4.78, 5) is 16.4. The van der Waals surface area contributed by atoms with Gasteiger partial charge < -0.3 is 5.32 Å². The van der Waals surface area contributed by atoms with Crippen molar-refractivity contribution >= 4 is 22.4 Å². The van der Waals surface area contributed by atoms with E-state index in [0.29, 0.717) is 6.42 Å². The van der Waals surface area contributed by atoms with Gasteiger partial charge in [-0.2, -0.15) is 0 Å². The third-order valence-corrected chi connectivity index (χ3v) is 4.24. The third kappa shape index (κ3) is 1.90. The Morgan fingerprint density at radius 3 is 2.82 bits per heavy atom. The number of hydrogen-bond donors (Lipinski definition) is 1. The van der Waals surface area contributed by atoms with E-state index in [-0.39, 0.29) is 5.91 Å². The van der Waals surface area contributed by atoms with Crippen molar-refractivity contribution in [2.24, 2.45) is 0 Å². The molecule has 0 spiro atoms. The lowest BCUT2D eigenvalue weighted by atomic mass is 9.93. The number of anilines is 1. The van der Waals surface area contributed by atoms with Crippen LogP contribution in [0, 0.1) is 13.8 Å². The number of rotatable bonds is 1. The second kappa shape index (κ2) is 4.67. The molecule has 3 aromatic rings. The van der Waals surface area contributed by atoms with Crippen LogP contribution in [0.1, 0.15) is 16.8 Å². The smallest absolute Gasteiger partial charge is 0.228 e. The normalized spacial score (nSPS) is 13.3. The van der Waals surface area contributed by atoms with Gasteiger partial charge in [-0.15, -0.1) is 0 Å². The Hall–Kier alpha value is -2.68. The molecule has 1 N–H and O–H groups in total. The van der Waals surface area contributed by atoms with Crippen LogP contribution in [0.4, 0.5) is 5.69 Å². The predicted octanol–water partition coefficient (Wildman–Crippen LogP) is 4.01. The highest BCUT2D eigenvalue weighted by Gasteiger charge is 2.23. The lowest BCUT2D eigenvalue weighted by molar-refractivity contribution is -0.115. The number of nitrogens with zero attached hydrogens (tertiary/aromatic N) is 1. The first-order valence-electron chi connectivity index (χ1n) is 7.41. The maximum absolute atomic E-state index is 11.8. The summed E-state index contributed by atoms with van der Waals surface area (Å²) in [6.07, 6.45) is 2.37. The minimum absolute atomic E-state index is 0.0627. The van der Waals surface area contributed by atoms with E-state index in [0.717, 1.165) is 39.0 Å². The lowest BCUT2D eigenvalue weighted by Gasteiger charge is -2.14. The largest absolute Gasteiger partial charge is 0.325 e. The predicted molar refractivity (Wildman–Crippen MR) is 89.0 cm³/mol. The Morgan fingerprint density at radius 1 is 1.14 bits per heavy atom. The van der Waals surface area contributed by atoms with Crippen molar-refractivity contribution in [3.63, 3.8) is 0 Å². The maximum atomic E-state index is 11.8. The van der Waals surface area contributed by atoms with Gasteiger partial charge in [-0.25, -0.2) is 0 Å². The van der Waals surface area contributed by atoms with Crippen LogP contribution in [0.3, 0.4) is 0 Å². The summed E-state index contributed by atoms with van der Waals surface area (Å²) < 4.78 is 0. The highest BCUT2D eigenvalue weighted by molar-refractivity contribution is 6.08. The van der Waals surface area contributed by atoms with E-state index in [1.54, 1.807) is 0 Å². The summed E-state index contributed by atoms with van der Waals surface area (Å²) in [6, 6.07) is 12.5. The van der Waals surface area contributed by atoms with Crippen LogP contribution in [0.15, 0.2) is 42.6 Å². The van der Waals surface area contributed by atoms with E-state index in [9.17, 15) is 4.79 Å². The van der Waals surface area contributed by atoms with Gasteiger partial charge in [-0.1, -0.05) is 35.9 Å². The number of benzene rings is 2. The number of aromatic nitrogens is 1. The van der Waals surface area contributed by atoms with E-state index in [2.05, 4.69) is 41.5 Å². The molecule has 1 amide bonds. The first-order valence-corrected chi connectivity index (χ1v) is 7.41. The average Bonchev–Trinajstić information content (AvgIpc) is 2.86. The van der Waals surface area contributed by atoms with Crippen molar-refractivity contribution in [1.29, 1.82) is 0 Å². The minimum atomic E-state index is 0.0627. The van der Waals surface area contributed by atoms with Gasteiger partial charge in [0.2, 0.25) is 5.91 Å². The quantitative estimate of drug-likeness (QED) is 0.735. The fourth-order valence-corrected chi connectivity index (χ4v) is 3.31. The van der Waals surface area contributed by atoms with Crippen LogP contribution in [-0.4, -0.2) is 10.9 Å². The molecular formula is C19H16N2O. The summed E-state index contributed by atoms with van der Waals surface area (Å²) in [5, 5.41) is 5.30. The van der Waals surface area contributed by atoms with Crippen molar-refractivity contribution in [2.75, 3.05) is 5.32 Å². The Balaban J connectivity index is 2.09. The zero-order valence-corrected chi connectivity index (χ0v) is 12.6. The maximum Gasteiger partial charge on any atom is 0.228 e. The number of nitrogens with one attached hydrogen (secondary N) is 1. The van der Waals surface area contributed by atoms with Crippen LogP contribution >= 0.6 is 0 Å². The second-order valence-corrected chi connectivity index (χ2v) is 5.88. The van der Waals surface area contributed by atoms with Crippen LogP contribution in [0.25, 0.3) is 21.9 Å². The first-order chi connectivity index (χ1) is 10.6. The fourth-order valence-electron chi connectivity index (χ4n) is 3.31. The summed E-state index contributed by atoms with van der Waals surface area (Å²) >= 11 is 0. The molecule has 108 valence electrons. The second-order valence-electron chi connectivity index (χ2n) is 5.88. The molecule has 0 radical (unpaired) electrons. The van der Waals surface area contributed by atoms with E-state index in [1.807, 2.05) is 25.3 Å². The number of aryl methyl sites for hydroxylation is 2. The summed E-state index contributed by atoms with van der Waals surface area (Å²) in [5.41, 5.74) is 6.34. The molecule has 1 aliphatic heterocycles. The number of fused-ring (bicyclic) bond motifs is 2.